The van der Waals surface area contributed by atoms with E-state index in [1.807, 2.05) is 6.92 Å². The van der Waals surface area contributed by atoms with Crippen molar-refractivity contribution in [3.63, 3.8) is 0 Å². The minimum atomic E-state index is 0.520. The van der Waals surface area contributed by atoms with Gasteiger partial charge in [-0.15, -0.1) is 0 Å². The van der Waals surface area contributed by atoms with Crippen molar-refractivity contribution in [2.75, 3.05) is 37.7 Å². The van der Waals surface area contributed by atoms with Gasteiger partial charge in [0.05, 0.1) is 5.69 Å². The molecule has 24 heavy (non-hydrogen) atoms. The van der Waals surface area contributed by atoms with Crippen molar-refractivity contribution < 1.29 is 4.74 Å². The summed E-state index contributed by atoms with van der Waals surface area (Å²) in [6.07, 6.45) is 9.19. The maximum absolute atomic E-state index is 5.58. The fourth-order valence-electron chi connectivity index (χ4n) is 4.28. The first-order chi connectivity index (χ1) is 11.8. The lowest BCUT2D eigenvalue weighted by Crippen LogP contribution is -2.25. The molecule has 1 aromatic heterocycles. The molecule has 0 amide bonds. The van der Waals surface area contributed by atoms with Crippen LogP contribution in [-0.2, 0) is 24.2 Å². The normalized spacial score (nSPS) is 26.1. The second-order valence-electron chi connectivity index (χ2n) is 7.14. The standard InChI is InChI=1S/C19H28N4O/c1-2-24-13-18-21-17-8-10-20-9-7-16(17)19(22-18)23-11-14-5-3-4-6-15(14)12-23/h3-4,14-15,20H,2,5-13H2,1H3/t14-,15+. The van der Waals surface area contributed by atoms with Gasteiger partial charge in [0.1, 0.15) is 12.4 Å². The van der Waals surface area contributed by atoms with Crippen molar-refractivity contribution in [1.29, 1.82) is 0 Å². The summed E-state index contributed by atoms with van der Waals surface area (Å²) in [6, 6.07) is 0. The topological polar surface area (TPSA) is 50.3 Å². The molecule has 0 bridgehead atoms. The predicted octanol–water partition coefficient (Wildman–Crippen LogP) is 2.10. The van der Waals surface area contributed by atoms with E-state index < -0.39 is 0 Å². The first kappa shape index (κ1) is 16.0. The fraction of sp³-hybridized carbons (Fsp3) is 0.684. The van der Waals surface area contributed by atoms with E-state index in [9.17, 15) is 0 Å². The molecule has 5 heteroatoms. The maximum Gasteiger partial charge on any atom is 0.156 e. The summed E-state index contributed by atoms with van der Waals surface area (Å²) in [7, 11) is 0. The molecule has 0 spiro atoms. The first-order valence-corrected chi connectivity index (χ1v) is 9.42. The van der Waals surface area contributed by atoms with Crippen molar-refractivity contribution in [3.8, 4) is 0 Å². The fourth-order valence-corrected chi connectivity index (χ4v) is 4.28. The number of ether oxygens (including phenoxy) is 1. The average Bonchev–Trinajstić information content (AvgIpc) is 2.90. The predicted molar refractivity (Wildman–Crippen MR) is 95.2 cm³/mol. The highest BCUT2D eigenvalue weighted by atomic mass is 16.5. The summed E-state index contributed by atoms with van der Waals surface area (Å²) < 4.78 is 5.58. The number of nitrogens with zero attached hydrogens (tertiary/aromatic N) is 3. The third-order valence-electron chi connectivity index (χ3n) is 5.56. The summed E-state index contributed by atoms with van der Waals surface area (Å²) in [5.74, 6) is 3.62. The van der Waals surface area contributed by atoms with Crippen LogP contribution in [0.2, 0.25) is 0 Å². The Morgan fingerprint density at radius 1 is 1.12 bits per heavy atom. The van der Waals surface area contributed by atoms with Crippen LogP contribution < -0.4 is 10.2 Å². The zero-order chi connectivity index (χ0) is 16.4. The van der Waals surface area contributed by atoms with Crippen LogP contribution in [0.1, 0.15) is 36.8 Å². The Morgan fingerprint density at radius 2 is 1.88 bits per heavy atom. The maximum atomic E-state index is 5.58. The van der Waals surface area contributed by atoms with Crippen LogP contribution >= 0.6 is 0 Å². The van der Waals surface area contributed by atoms with Crippen LogP contribution in [0.4, 0.5) is 5.82 Å². The van der Waals surface area contributed by atoms with Crippen LogP contribution in [0, 0.1) is 11.8 Å². The second kappa shape index (κ2) is 7.19. The van der Waals surface area contributed by atoms with Gasteiger partial charge in [-0.1, -0.05) is 12.2 Å². The summed E-state index contributed by atoms with van der Waals surface area (Å²) >= 11 is 0. The molecule has 2 aliphatic heterocycles. The smallest absolute Gasteiger partial charge is 0.156 e. The van der Waals surface area contributed by atoms with Crippen molar-refractivity contribution in [2.45, 2.75) is 39.2 Å². The number of rotatable bonds is 4. The number of hydrogen-bond donors (Lipinski definition) is 1. The summed E-state index contributed by atoms with van der Waals surface area (Å²) in [4.78, 5) is 12.3. The van der Waals surface area contributed by atoms with E-state index in [1.165, 1.54) is 29.9 Å². The second-order valence-corrected chi connectivity index (χ2v) is 7.14. The zero-order valence-corrected chi connectivity index (χ0v) is 14.6. The molecule has 1 saturated heterocycles. The molecule has 3 aliphatic rings. The molecule has 0 radical (unpaired) electrons. The van der Waals surface area contributed by atoms with Crippen molar-refractivity contribution in [1.82, 2.24) is 15.3 Å². The third kappa shape index (κ3) is 3.20. The zero-order valence-electron chi connectivity index (χ0n) is 14.6. The lowest BCUT2D eigenvalue weighted by molar-refractivity contribution is 0.128. The van der Waals surface area contributed by atoms with E-state index in [1.54, 1.807) is 0 Å². The lowest BCUT2D eigenvalue weighted by Gasteiger charge is -2.23. The highest BCUT2D eigenvalue weighted by Gasteiger charge is 2.35. The molecule has 1 aromatic rings. The van der Waals surface area contributed by atoms with E-state index >= 15 is 0 Å². The highest BCUT2D eigenvalue weighted by molar-refractivity contribution is 5.51. The minimum absolute atomic E-state index is 0.520. The van der Waals surface area contributed by atoms with Gasteiger partial charge in [-0.3, -0.25) is 0 Å². The number of nitrogens with one attached hydrogen (secondary N) is 1. The van der Waals surface area contributed by atoms with Gasteiger partial charge in [-0.25, -0.2) is 9.97 Å². The SMILES string of the molecule is CCOCc1nc2c(c(N3C[C@H]4CC=CC[C@H]4C3)n1)CCNCC2. The summed E-state index contributed by atoms with van der Waals surface area (Å²) in [6.45, 7) is 7.55. The van der Waals surface area contributed by atoms with Crippen LogP contribution in [0.3, 0.4) is 0 Å². The van der Waals surface area contributed by atoms with E-state index in [0.717, 1.165) is 56.7 Å². The molecular formula is C19H28N4O. The van der Waals surface area contributed by atoms with Crippen LogP contribution in [-0.4, -0.2) is 42.8 Å². The van der Waals surface area contributed by atoms with Gasteiger partial charge in [0, 0.05) is 38.2 Å². The first-order valence-electron chi connectivity index (χ1n) is 9.42. The van der Waals surface area contributed by atoms with Crippen molar-refractivity contribution in [3.05, 3.63) is 29.2 Å². The number of aromatic nitrogens is 2. The molecule has 3 heterocycles. The number of hydrogen-bond acceptors (Lipinski definition) is 5. The molecule has 4 rings (SSSR count). The number of fused-ring (bicyclic) bond motifs is 2. The van der Waals surface area contributed by atoms with Gasteiger partial charge in [-0.2, -0.15) is 0 Å². The van der Waals surface area contributed by atoms with E-state index in [4.69, 9.17) is 14.7 Å². The molecule has 5 nitrogen and oxygen atoms in total. The largest absolute Gasteiger partial charge is 0.374 e. The monoisotopic (exact) mass is 328 g/mol. The van der Waals surface area contributed by atoms with Gasteiger partial charge in [0.25, 0.3) is 0 Å². The Labute approximate surface area is 144 Å². The molecular weight excluding hydrogens is 300 g/mol. The molecule has 1 fully saturated rings. The Bertz CT molecular complexity index is 600. The molecule has 130 valence electrons. The molecule has 0 saturated carbocycles. The molecule has 1 aliphatic carbocycles. The molecule has 0 aromatic carbocycles. The summed E-state index contributed by atoms with van der Waals surface area (Å²) in [5, 5.41) is 3.50. The Kier molecular flexibility index (Phi) is 4.81. The highest BCUT2D eigenvalue weighted by Crippen LogP contribution is 2.36. The minimum Gasteiger partial charge on any atom is -0.374 e. The van der Waals surface area contributed by atoms with Gasteiger partial charge in [0.2, 0.25) is 0 Å². The van der Waals surface area contributed by atoms with Crippen molar-refractivity contribution >= 4 is 5.82 Å². The van der Waals surface area contributed by atoms with Crippen LogP contribution in [0.15, 0.2) is 12.2 Å². The Hall–Kier alpha value is -1.46. The van der Waals surface area contributed by atoms with E-state index in [0.29, 0.717) is 13.2 Å². The number of allylic oxidation sites excluding steroid dienone is 2. The van der Waals surface area contributed by atoms with Gasteiger partial charge >= 0.3 is 0 Å². The third-order valence-corrected chi connectivity index (χ3v) is 5.56. The van der Waals surface area contributed by atoms with Gasteiger partial charge < -0.3 is 15.0 Å². The van der Waals surface area contributed by atoms with Crippen LogP contribution in [0.5, 0.6) is 0 Å². The van der Waals surface area contributed by atoms with Gasteiger partial charge in [-0.05, 0) is 44.6 Å². The molecule has 2 atom stereocenters. The van der Waals surface area contributed by atoms with Gasteiger partial charge in [0.15, 0.2) is 5.82 Å². The number of anilines is 1. The van der Waals surface area contributed by atoms with E-state index in [2.05, 4.69) is 22.4 Å². The average molecular weight is 328 g/mol. The Morgan fingerprint density at radius 3 is 2.62 bits per heavy atom. The van der Waals surface area contributed by atoms with Crippen LogP contribution in [0.25, 0.3) is 0 Å². The molecule has 1 N–H and O–H groups in total. The quantitative estimate of drug-likeness (QED) is 0.858. The lowest BCUT2D eigenvalue weighted by atomic mass is 9.86. The molecule has 0 unspecified atom stereocenters. The van der Waals surface area contributed by atoms with Crippen molar-refractivity contribution in [2.24, 2.45) is 11.8 Å². The Balaban J connectivity index is 1.65. The van der Waals surface area contributed by atoms with E-state index in [-0.39, 0.29) is 0 Å². The summed E-state index contributed by atoms with van der Waals surface area (Å²) in [5.41, 5.74) is 2.60.